The van der Waals surface area contributed by atoms with Gasteiger partial charge in [0, 0.05) is 21.1 Å². The van der Waals surface area contributed by atoms with E-state index in [-0.39, 0.29) is 21.1 Å². The van der Waals surface area contributed by atoms with E-state index in [0.29, 0.717) is 5.75 Å². The molecular formula is C21H36MoO. The number of benzene rings is 1. The number of phenols is 1. The van der Waals surface area contributed by atoms with E-state index < -0.39 is 0 Å². The number of para-hydroxylation sites is 1. The summed E-state index contributed by atoms with van der Waals surface area (Å²) in [6.07, 6.45) is 19.1. The summed E-state index contributed by atoms with van der Waals surface area (Å²) in [6, 6.07) is 7.73. The molecule has 0 unspecified atom stereocenters. The second-order valence-corrected chi connectivity index (χ2v) is 6.62. The second-order valence-electron chi connectivity index (χ2n) is 6.62. The smallest absolute Gasteiger partial charge is 0.118 e. The molecule has 0 fully saturated rings. The summed E-state index contributed by atoms with van der Waals surface area (Å²) in [5.41, 5.74) is 1.10. The molecule has 1 nitrogen and oxygen atoms in total. The van der Waals surface area contributed by atoms with Crippen LogP contribution in [-0.2, 0) is 27.5 Å². The largest absolute Gasteiger partial charge is 0.508 e. The maximum atomic E-state index is 9.70. The Morgan fingerprint density at radius 2 is 1.09 bits per heavy atom. The van der Waals surface area contributed by atoms with Crippen LogP contribution in [-0.4, -0.2) is 5.11 Å². The predicted molar refractivity (Wildman–Crippen MR) is 97.5 cm³/mol. The van der Waals surface area contributed by atoms with E-state index in [0.717, 1.165) is 12.0 Å². The third-order valence-corrected chi connectivity index (χ3v) is 4.54. The van der Waals surface area contributed by atoms with Crippen molar-refractivity contribution in [3.63, 3.8) is 0 Å². The molecule has 0 saturated carbocycles. The van der Waals surface area contributed by atoms with Crippen molar-refractivity contribution >= 4 is 0 Å². The Kier molecular flexibility index (Phi) is 16.4. The molecule has 1 aromatic rings. The van der Waals surface area contributed by atoms with Crippen LogP contribution in [0.4, 0.5) is 0 Å². The summed E-state index contributed by atoms with van der Waals surface area (Å²) in [7, 11) is 0. The SMILES string of the molecule is CCCCCCCCCCCCCCCc1ccccc1O.[Mo]. The van der Waals surface area contributed by atoms with Crippen LogP contribution in [0.15, 0.2) is 24.3 Å². The molecular weight excluding hydrogens is 364 g/mol. The molecule has 0 radical (unpaired) electrons. The molecule has 132 valence electrons. The molecule has 0 aliphatic rings. The van der Waals surface area contributed by atoms with Crippen molar-refractivity contribution in [2.24, 2.45) is 0 Å². The summed E-state index contributed by atoms with van der Waals surface area (Å²) >= 11 is 0. The van der Waals surface area contributed by atoms with Crippen LogP contribution in [0.1, 0.15) is 96.0 Å². The number of rotatable bonds is 14. The molecule has 0 aliphatic carbocycles. The maximum Gasteiger partial charge on any atom is 0.118 e. The Morgan fingerprint density at radius 1 is 0.652 bits per heavy atom. The fourth-order valence-corrected chi connectivity index (χ4v) is 3.06. The van der Waals surface area contributed by atoms with Crippen molar-refractivity contribution in [2.75, 3.05) is 0 Å². The second kappa shape index (κ2) is 16.6. The Morgan fingerprint density at radius 3 is 1.57 bits per heavy atom. The monoisotopic (exact) mass is 402 g/mol. The molecule has 0 heterocycles. The van der Waals surface area contributed by atoms with Gasteiger partial charge in [-0.25, -0.2) is 0 Å². The van der Waals surface area contributed by atoms with Crippen molar-refractivity contribution in [3.8, 4) is 5.75 Å². The van der Waals surface area contributed by atoms with Crippen molar-refractivity contribution in [1.82, 2.24) is 0 Å². The predicted octanol–water partition coefficient (Wildman–Crippen LogP) is 7.02. The summed E-state index contributed by atoms with van der Waals surface area (Å²) in [5.74, 6) is 0.460. The first-order valence-electron chi connectivity index (χ1n) is 9.61. The summed E-state index contributed by atoms with van der Waals surface area (Å²) < 4.78 is 0. The van der Waals surface area contributed by atoms with Gasteiger partial charge in [-0.3, -0.25) is 0 Å². The van der Waals surface area contributed by atoms with E-state index in [1.807, 2.05) is 18.2 Å². The molecule has 0 amide bonds. The summed E-state index contributed by atoms with van der Waals surface area (Å²) in [4.78, 5) is 0. The minimum atomic E-state index is 0. The van der Waals surface area contributed by atoms with E-state index in [1.54, 1.807) is 6.07 Å². The molecule has 1 rings (SSSR count). The Bertz CT molecular complexity index is 365. The van der Waals surface area contributed by atoms with Crippen LogP contribution in [0, 0.1) is 0 Å². The van der Waals surface area contributed by atoms with Gasteiger partial charge < -0.3 is 5.11 Å². The Labute approximate surface area is 158 Å². The van der Waals surface area contributed by atoms with Crippen LogP contribution in [0.5, 0.6) is 5.75 Å². The van der Waals surface area contributed by atoms with Gasteiger partial charge in [-0.2, -0.15) is 0 Å². The van der Waals surface area contributed by atoms with E-state index in [4.69, 9.17) is 0 Å². The minimum absolute atomic E-state index is 0. The maximum absolute atomic E-state index is 9.70. The Balaban J connectivity index is 0.00000484. The topological polar surface area (TPSA) is 20.2 Å². The van der Waals surface area contributed by atoms with Crippen LogP contribution in [0.25, 0.3) is 0 Å². The molecule has 0 aromatic heterocycles. The van der Waals surface area contributed by atoms with Crippen LogP contribution >= 0.6 is 0 Å². The zero-order valence-electron chi connectivity index (χ0n) is 15.1. The third kappa shape index (κ3) is 12.8. The number of hydrogen-bond donors (Lipinski definition) is 1. The van der Waals surface area contributed by atoms with Gasteiger partial charge in [-0.15, -0.1) is 0 Å². The van der Waals surface area contributed by atoms with E-state index in [2.05, 4.69) is 6.92 Å². The van der Waals surface area contributed by atoms with Crippen LogP contribution in [0.2, 0.25) is 0 Å². The molecule has 0 atom stereocenters. The average Bonchev–Trinajstić information content (AvgIpc) is 2.53. The Hall–Kier alpha value is -0.292. The van der Waals surface area contributed by atoms with Crippen molar-refractivity contribution in [3.05, 3.63) is 29.8 Å². The van der Waals surface area contributed by atoms with Gasteiger partial charge in [0.25, 0.3) is 0 Å². The molecule has 0 spiro atoms. The quantitative estimate of drug-likeness (QED) is 0.263. The number of aryl methyl sites for hydroxylation is 1. The number of aromatic hydroxyl groups is 1. The summed E-state index contributed by atoms with van der Waals surface area (Å²) in [6.45, 7) is 2.28. The van der Waals surface area contributed by atoms with Gasteiger partial charge in [0.05, 0.1) is 0 Å². The van der Waals surface area contributed by atoms with E-state index in [1.165, 1.54) is 83.5 Å². The van der Waals surface area contributed by atoms with E-state index >= 15 is 0 Å². The first kappa shape index (κ1) is 22.7. The van der Waals surface area contributed by atoms with Crippen molar-refractivity contribution < 1.29 is 26.2 Å². The average molecular weight is 400 g/mol. The standard InChI is InChI=1S/C21H36O.Mo/c1-2-3-4-5-6-7-8-9-10-11-12-13-14-17-20-18-15-16-19-21(20)22;/h15-16,18-19,22H,2-14,17H2,1H3;. The van der Waals surface area contributed by atoms with Crippen LogP contribution in [0.3, 0.4) is 0 Å². The van der Waals surface area contributed by atoms with Crippen molar-refractivity contribution in [2.45, 2.75) is 96.8 Å². The fourth-order valence-electron chi connectivity index (χ4n) is 3.06. The summed E-state index contributed by atoms with van der Waals surface area (Å²) in [5, 5.41) is 9.70. The molecule has 0 aliphatic heterocycles. The third-order valence-electron chi connectivity index (χ3n) is 4.54. The number of unbranched alkanes of at least 4 members (excludes halogenated alkanes) is 12. The molecule has 2 heteroatoms. The molecule has 1 N–H and O–H groups in total. The normalized spacial score (nSPS) is 10.5. The van der Waals surface area contributed by atoms with Gasteiger partial charge in [-0.05, 0) is 24.5 Å². The van der Waals surface area contributed by atoms with E-state index in [9.17, 15) is 5.11 Å². The van der Waals surface area contributed by atoms with Gasteiger partial charge in [-0.1, -0.05) is 102 Å². The zero-order chi connectivity index (χ0) is 15.9. The van der Waals surface area contributed by atoms with Gasteiger partial charge in [0.1, 0.15) is 5.75 Å². The first-order chi connectivity index (χ1) is 10.8. The van der Waals surface area contributed by atoms with Gasteiger partial charge >= 0.3 is 0 Å². The molecule has 0 bridgehead atoms. The first-order valence-corrected chi connectivity index (χ1v) is 9.61. The van der Waals surface area contributed by atoms with Gasteiger partial charge in [0.15, 0.2) is 0 Å². The number of phenolic OH excluding ortho intramolecular Hbond substituents is 1. The molecule has 23 heavy (non-hydrogen) atoms. The molecule has 0 saturated heterocycles. The zero-order valence-corrected chi connectivity index (χ0v) is 17.1. The minimum Gasteiger partial charge on any atom is -0.508 e. The van der Waals surface area contributed by atoms with Crippen LogP contribution < -0.4 is 0 Å². The van der Waals surface area contributed by atoms with Gasteiger partial charge in [0.2, 0.25) is 0 Å². The fraction of sp³-hybridized carbons (Fsp3) is 0.714. The molecule has 1 aromatic carbocycles. The number of hydrogen-bond acceptors (Lipinski definition) is 1. The van der Waals surface area contributed by atoms with Crippen molar-refractivity contribution in [1.29, 1.82) is 0 Å².